The van der Waals surface area contributed by atoms with Crippen molar-refractivity contribution < 1.29 is 0 Å². The molecule has 0 amide bonds. The van der Waals surface area contributed by atoms with Gasteiger partial charge >= 0.3 is 0 Å². The molecule has 2 N–H and O–H groups in total. The zero-order valence-corrected chi connectivity index (χ0v) is 10.3. The lowest BCUT2D eigenvalue weighted by Gasteiger charge is -2.17. The molecule has 0 aliphatic carbocycles. The van der Waals surface area contributed by atoms with Gasteiger partial charge in [0.25, 0.3) is 0 Å². The summed E-state index contributed by atoms with van der Waals surface area (Å²) in [5.74, 6) is 0. The zero-order chi connectivity index (χ0) is 10.4. The highest BCUT2D eigenvalue weighted by Crippen LogP contribution is 1.98. The summed E-state index contributed by atoms with van der Waals surface area (Å²) in [7, 11) is -0.969. The Morgan fingerprint density at radius 2 is 1.64 bits per heavy atom. The predicted molar refractivity (Wildman–Crippen MR) is 64.6 cm³/mol. The molecule has 0 fully saturated rings. The van der Waals surface area contributed by atoms with E-state index < -0.39 is 8.07 Å². The van der Waals surface area contributed by atoms with E-state index >= 15 is 0 Å². The Hall–Kier alpha value is -0.643. The van der Waals surface area contributed by atoms with Crippen molar-refractivity contribution in [3.05, 3.63) is 35.9 Å². The van der Waals surface area contributed by atoms with Crippen molar-refractivity contribution in [3.63, 3.8) is 0 Å². The molecule has 0 unspecified atom stereocenters. The summed E-state index contributed by atoms with van der Waals surface area (Å²) < 4.78 is 0. The fourth-order valence-corrected chi connectivity index (χ4v) is 1.74. The predicted octanol–water partition coefficient (Wildman–Crippen LogP) is 2.16. The van der Waals surface area contributed by atoms with Crippen molar-refractivity contribution in [2.45, 2.75) is 26.2 Å². The number of benzene rings is 1. The molecular formula is C11H20N2Si. The summed E-state index contributed by atoms with van der Waals surface area (Å²) >= 11 is 0. The molecule has 0 aromatic heterocycles. The summed E-state index contributed by atoms with van der Waals surface area (Å²) in [6.45, 7) is 7.95. The van der Waals surface area contributed by atoms with Gasteiger partial charge in [0.1, 0.15) is 0 Å². The molecule has 14 heavy (non-hydrogen) atoms. The van der Waals surface area contributed by atoms with E-state index in [1.54, 1.807) is 0 Å². The Labute approximate surface area is 87.7 Å². The maximum atomic E-state index is 3.29. The quantitative estimate of drug-likeness (QED) is 0.440. The lowest BCUT2D eigenvalue weighted by molar-refractivity contribution is 0.576. The van der Waals surface area contributed by atoms with E-state index in [0.29, 0.717) is 0 Å². The van der Waals surface area contributed by atoms with Crippen LogP contribution in [0.15, 0.2) is 30.3 Å². The Morgan fingerprint density at radius 1 is 1.00 bits per heavy atom. The number of rotatable bonds is 5. The van der Waals surface area contributed by atoms with E-state index in [-0.39, 0.29) is 0 Å². The molecule has 0 aliphatic rings. The molecule has 0 radical (unpaired) electrons. The average molecular weight is 208 g/mol. The molecule has 0 aliphatic heterocycles. The molecule has 0 saturated carbocycles. The van der Waals surface area contributed by atoms with Crippen molar-refractivity contribution in [3.8, 4) is 0 Å². The van der Waals surface area contributed by atoms with Crippen molar-refractivity contribution >= 4 is 8.07 Å². The van der Waals surface area contributed by atoms with Crippen molar-refractivity contribution in [1.29, 1.82) is 0 Å². The van der Waals surface area contributed by atoms with Gasteiger partial charge in [0.2, 0.25) is 0 Å². The first-order valence-corrected chi connectivity index (χ1v) is 8.78. The first-order valence-electron chi connectivity index (χ1n) is 5.07. The Balaban J connectivity index is 2.17. The normalized spacial score (nSPS) is 11.6. The molecule has 0 heterocycles. The first-order chi connectivity index (χ1) is 6.58. The summed E-state index contributed by atoms with van der Waals surface area (Å²) in [4.78, 5) is 0. The average Bonchev–Trinajstić information content (AvgIpc) is 2.13. The third kappa shape index (κ3) is 5.17. The van der Waals surface area contributed by atoms with E-state index in [4.69, 9.17) is 0 Å². The van der Waals surface area contributed by atoms with Crippen molar-refractivity contribution in [1.82, 2.24) is 10.9 Å². The van der Waals surface area contributed by atoms with E-state index in [9.17, 15) is 0 Å². The smallest absolute Gasteiger partial charge is 0.0614 e. The lowest BCUT2D eigenvalue weighted by Crippen LogP contribution is -2.43. The largest absolute Gasteiger partial charge is 0.260 e. The van der Waals surface area contributed by atoms with Crippen LogP contribution in [0.4, 0.5) is 0 Å². The van der Waals surface area contributed by atoms with Gasteiger partial charge in [-0.15, -0.1) is 0 Å². The van der Waals surface area contributed by atoms with Gasteiger partial charge in [-0.3, -0.25) is 10.9 Å². The highest BCUT2D eigenvalue weighted by atomic mass is 28.3. The molecule has 2 nitrogen and oxygen atoms in total. The summed E-state index contributed by atoms with van der Waals surface area (Å²) in [6, 6.07) is 10.4. The zero-order valence-electron chi connectivity index (χ0n) is 9.30. The summed E-state index contributed by atoms with van der Waals surface area (Å²) in [6.07, 6.45) is 1.11. The summed E-state index contributed by atoms with van der Waals surface area (Å²) in [5.41, 5.74) is 7.84. The van der Waals surface area contributed by atoms with Gasteiger partial charge in [0.15, 0.2) is 0 Å². The van der Waals surface area contributed by atoms with Gasteiger partial charge in [-0.05, 0) is 5.56 Å². The SMILES string of the molecule is C[Si](C)(C)CNNCc1ccccc1. The molecule has 1 rings (SSSR count). The molecule has 0 atom stereocenters. The first kappa shape index (κ1) is 11.4. The van der Waals surface area contributed by atoms with Gasteiger partial charge in [-0.1, -0.05) is 50.0 Å². The fourth-order valence-electron chi connectivity index (χ4n) is 1.09. The second-order valence-corrected chi connectivity index (χ2v) is 10.2. The highest BCUT2D eigenvalue weighted by molar-refractivity contribution is 6.76. The maximum absolute atomic E-state index is 3.29. The van der Waals surface area contributed by atoms with Gasteiger partial charge in [-0.25, -0.2) is 0 Å². The monoisotopic (exact) mass is 208 g/mol. The Morgan fingerprint density at radius 3 is 2.21 bits per heavy atom. The van der Waals surface area contributed by atoms with Crippen LogP contribution < -0.4 is 10.9 Å². The second-order valence-electron chi connectivity index (χ2n) is 4.75. The van der Waals surface area contributed by atoms with Crippen molar-refractivity contribution in [2.24, 2.45) is 0 Å². The van der Waals surface area contributed by atoms with Gasteiger partial charge in [-0.2, -0.15) is 0 Å². The van der Waals surface area contributed by atoms with E-state index in [2.05, 4.69) is 54.8 Å². The van der Waals surface area contributed by atoms with Crippen LogP contribution >= 0.6 is 0 Å². The summed E-state index contributed by atoms with van der Waals surface area (Å²) in [5, 5.41) is 0. The van der Waals surface area contributed by atoms with Crippen LogP contribution in [0.5, 0.6) is 0 Å². The van der Waals surface area contributed by atoms with Gasteiger partial charge < -0.3 is 0 Å². The molecular weight excluding hydrogens is 188 g/mol. The standard InChI is InChI=1S/C11H20N2Si/c1-14(2,3)10-13-12-9-11-7-5-4-6-8-11/h4-8,12-13H,9-10H2,1-3H3. The third-order valence-electron chi connectivity index (χ3n) is 1.88. The molecule has 1 aromatic carbocycles. The molecule has 3 heteroatoms. The fraction of sp³-hybridized carbons (Fsp3) is 0.455. The molecule has 0 bridgehead atoms. The van der Waals surface area contributed by atoms with Crippen LogP contribution in [0.1, 0.15) is 5.56 Å². The highest BCUT2D eigenvalue weighted by Gasteiger charge is 2.11. The number of hydrogen-bond donors (Lipinski definition) is 2. The van der Waals surface area contributed by atoms with Crippen molar-refractivity contribution in [2.75, 3.05) is 6.17 Å². The van der Waals surface area contributed by atoms with E-state index in [0.717, 1.165) is 12.7 Å². The number of nitrogens with one attached hydrogen (secondary N) is 2. The van der Waals surface area contributed by atoms with Crippen LogP contribution in [0, 0.1) is 0 Å². The molecule has 1 aromatic rings. The Bertz CT molecular complexity index is 254. The van der Waals surface area contributed by atoms with Crippen LogP contribution in [0.3, 0.4) is 0 Å². The molecule has 78 valence electrons. The van der Waals surface area contributed by atoms with Crippen LogP contribution in [-0.4, -0.2) is 14.2 Å². The van der Waals surface area contributed by atoms with E-state index in [1.807, 2.05) is 6.07 Å². The van der Waals surface area contributed by atoms with Crippen LogP contribution in [-0.2, 0) is 6.54 Å². The minimum absolute atomic E-state index is 0.894. The minimum atomic E-state index is -0.969. The minimum Gasteiger partial charge on any atom is -0.260 e. The van der Waals surface area contributed by atoms with Crippen LogP contribution in [0.25, 0.3) is 0 Å². The molecule has 0 saturated heterocycles. The second kappa shape index (κ2) is 5.29. The van der Waals surface area contributed by atoms with Crippen LogP contribution in [0.2, 0.25) is 19.6 Å². The topological polar surface area (TPSA) is 24.1 Å². The third-order valence-corrected chi connectivity index (χ3v) is 3.12. The Kier molecular flexibility index (Phi) is 4.32. The van der Waals surface area contributed by atoms with Gasteiger partial charge in [0, 0.05) is 12.7 Å². The molecule has 0 spiro atoms. The van der Waals surface area contributed by atoms with E-state index in [1.165, 1.54) is 5.56 Å². The lowest BCUT2D eigenvalue weighted by atomic mass is 10.2. The van der Waals surface area contributed by atoms with Gasteiger partial charge in [0.05, 0.1) is 8.07 Å². The number of hydrazine groups is 1. The number of hydrogen-bond acceptors (Lipinski definition) is 2. The maximum Gasteiger partial charge on any atom is 0.0614 e.